The summed E-state index contributed by atoms with van der Waals surface area (Å²) in [4.78, 5) is 8.09. The zero-order valence-electron chi connectivity index (χ0n) is 10.2. The smallest absolute Gasteiger partial charge is 0.209 e. The van der Waals surface area contributed by atoms with E-state index in [0.717, 1.165) is 5.56 Å². The predicted molar refractivity (Wildman–Crippen MR) is 70.3 cm³/mol. The summed E-state index contributed by atoms with van der Waals surface area (Å²) in [6.45, 7) is 2.42. The van der Waals surface area contributed by atoms with E-state index in [4.69, 9.17) is 11.0 Å². The van der Waals surface area contributed by atoms with Crippen molar-refractivity contribution in [2.24, 2.45) is 11.0 Å². The van der Waals surface area contributed by atoms with E-state index in [9.17, 15) is 8.42 Å². The molecule has 0 fully saturated rings. The number of nitrogens with zero attached hydrogens (tertiary/aromatic N) is 2. The number of sulfonamides is 1. The molecule has 1 aromatic heterocycles. The number of hydrogen-bond acceptors (Lipinski definition) is 7. The van der Waals surface area contributed by atoms with Gasteiger partial charge < -0.3 is 10.7 Å². The second kappa shape index (κ2) is 6.47. The minimum atomic E-state index is -3.41. The van der Waals surface area contributed by atoms with E-state index in [1.807, 2.05) is 6.92 Å². The number of nitrogen functional groups attached to an aromatic ring is 1. The Balaban J connectivity index is 2.62. The molecule has 8 nitrogen and oxygen atoms in total. The van der Waals surface area contributed by atoms with Crippen LogP contribution in [0.3, 0.4) is 0 Å². The van der Waals surface area contributed by atoms with Crippen LogP contribution in [-0.2, 0) is 16.4 Å². The molecule has 0 spiro atoms. The first-order chi connectivity index (χ1) is 8.48. The van der Waals surface area contributed by atoms with Crippen molar-refractivity contribution in [1.82, 2.24) is 9.97 Å². The van der Waals surface area contributed by atoms with Gasteiger partial charge in [0, 0.05) is 12.1 Å². The summed E-state index contributed by atoms with van der Waals surface area (Å²) in [6, 6.07) is 0. The molecule has 0 bridgehead atoms. The zero-order valence-corrected chi connectivity index (χ0v) is 11.0. The van der Waals surface area contributed by atoms with Gasteiger partial charge in [-0.15, -0.1) is 0 Å². The number of primary sulfonamides is 1. The number of hydrazine groups is 1. The minimum Gasteiger partial charge on any atom is -0.370 e. The van der Waals surface area contributed by atoms with Crippen molar-refractivity contribution < 1.29 is 8.42 Å². The van der Waals surface area contributed by atoms with Crippen molar-refractivity contribution in [3.8, 4) is 0 Å². The number of nitrogens with one attached hydrogen (secondary N) is 2. The van der Waals surface area contributed by atoms with Crippen LogP contribution in [0, 0.1) is 0 Å². The lowest BCUT2D eigenvalue weighted by molar-refractivity contribution is 0.595. The van der Waals surface area contributed by atoms with Crippen LogP contribution in [0.15, 0.2) is 6.33 Å². The quantitative estimate of drug-likeness (QED) is 0.296. The molecule has 0 saturated carbocycles. The van der Waals surface area contributed by atoms with Crippen molar-refractivity contribution in [1.29, 1.82) is 0 Å². The second-order valence-corrected chi connectivity index (χ2v) is 5.43. The summed E-state index contributed by atoms with van der Waals surface area (Å²) in [7, 11) is -3.41. The van der Waals surface area contributed by atoms with Gasteiger partial charge in [-0.3, -0.25) is 0 Å². The van der Waals surface area contributed by atoms with Gasteiger partial charge in [0.1, 0.15) is 18.0 Å². The topological polar surface area (TPSA) is 136 Å². The molecule has 6 N–H and O–H groups in total. The second-order valence-electron chi connectivity index (χ2n) is 3.69. The molecule has 18 heavy (non-hydrogen) atoms. The van der Waals surface area contributed by atoms with Crippen LogP contribution < -0.4 is 21.7 Å². The molecule has 0 unspecified atom stereocenters. The summed E-state index contributed by atoms with van der Waals surface area (Å²) >= 11 is 0. The molecule has 0 atom stereocenters. The third-order valence-corrected chi connectivity index (χ3v) is 3.19. The van der Waals surface area contributed by atoms with Crippen LogP contribution in [0.2, 0.25) is 0 Å². The Bertz CT molecular complexity index is 490. The van der Waals surface area contributed by atoms with Gasteiger partial charge in [-0.05, 0) is 12.8 Å². The molecule has 0 aliphatic rings. The van der Waals surface area contributed by atoms with Gasteiger partial charge in [0.05, 0.1) is 5.75 Å². The van der Waals surface area contributed by atoms with E-state index in [2.05, 4.69) is 20.7 Å². The number of nitrogens with two attached hydrogens (primary N) is 2. The van der Waals surface area contributed by atoms with Gasteiger partial charge >= 0.3 is 0 Å². The lowest BCUT2D eigenvalue weighted by Crippen LogP contribution is -2.19. The molecular weight excluding hydrogens is 256 g/mol. The highest BCUT2D eigenvalue weighted by Crippen LogP contribution is 2.19. The molecule has 0 aliphatic heterocycles. The summed E-state index contributed by atoms with van der Waals surface area (Å²) < 4.78 is 21.5. The monoisotopic (exact) mass is 274 g/mol. The number of anilines is 2. The van der Waals surface area contributed by atoms with Crippen LogP contribution in [0.25, 0.3) is 0 Å². The first-order valence-electron chi connectivity index (χ1n) is 5.52. The van der Waals surface area contributed by atoms with E-state index in [0.29, 0.717) is 31.0 Å². The molecule has 0 saturated heterocycles. The molecule has 1 rings (SSSR count). The zero-order chi connectivity index (χ0) is 13.6. The normalized spacial score (nSPS) is 11.3. The predicted octanol–water partition coefficient (Wildman–Crippen LogP) is -0.585. The number of rotatable bonds is 7. The molecule has 9 heteroatoms. The molecule has 0 aromatic carbocycles. The first-order valence-corrected chi connectivity index (χ1v) is 7.24. The van der Waals surface area contributed by atoms with Gasteiger partial charge in [-0.2, -0.15) is 0 Å². The average molecular weight is 274 g/mol. The van der Waals surface area contributed by atoms with Gasteiger partial charge in [-0.1, -0.05) is 6.92 Å². The standard InChI is InChI=1S/C9H18N6O2S/c1-2-7-8(13-6-14-9(7)15-10)12-4-3-5-18(11,16)17/h6H,2-5,10H2,1H3,(H2,11,16,17)(H2,12,13,14,15). The van der Waals surface area contributed by atoms with Gasteiger partial charge in [0.15, 0.2) is 0 Å². The van der Waals surface area contributed by atoms with Crippen LogP contribution in [0.4, 0.5) is 11.6 Å². The molecule has 102 valence electrons. The first kappa shape index (κ1) is 14.6. The Morgan fingerprint density at radius 2 is 2.00 bits per heavy atom. The fraction of sp³-hybridized carbons (Fsp3) is 0.556. The van der Waals surface area contributed by atoms with Gasteiger partial charge in [0.2, 0.25) is 10.0 Å². The van der Waals surface area contributed by atoms with Crippen molar-refractivity contribution in [2.75, 3.05) is 23.0 Å². The third-order valence-electron chi connectivity index (χ3n) is 2.33. The summed E-state index contributed by atoms with van der Waals surface area (Å²) in [6.07, 6.45) is 2.51. The molecule has 0 radical (unpaired) electrons. The Hall–Kier alpha value is -1.45. The average Bonchev–Trinajstić information content (AvgIpc) is 2.32. The van der Waals surface area contributed by atoms with Crippen LogP contribution >= 0.6 is 0 Å². The Morgan fingerprint density at radius 3 is 2.56 bits per heavy atom. The van der Waals surface area contributed by atoms with E-state index in [-0.39, 0.29) is 5.75 Å². The van der Waals surface area contributed by atoms with Crippen molar-refractivity contribution in [3.05, 3.63) is 11.9 Å². The largest absolute Gasteiger partial charge is 0.370 e. The molecule has 1 heterocycles. The lowest BCUT2D eigenvalue weighted by atomic mass is 10.2. The van der Waals surface area contributed by atoms with Crippen molar-refractivity contribution >= 4 is 21.7 Å². The van der Waals surface area contributed by atoms with Gasteiger partial charge in [0.25, 0.3) is 0 Å². The maximum absolute atomic E-state index is 10.8. The summed E-state index contributed by atoms with van der Waals surface area (Å²) in [5.74, 6) is 6.49. The van der Waals surface area contributed by atoms with Crippen LogP contribution in [-0.4, -0.2) is 30.7 Å². The Kier molecular flexibility index (Phi) is 5.25. The van der Waals surface area contributed by atoms with E-state index in [1.165, 1.54) is 6.33 Å². The lowest BCUT2D eigenvalue weighted by Gasteiger charge is -2.12. The molecule has 0 aliphatic carbocycles. The fourth-order valence-electron chi connectivity index (χ4n) is 1.50. The molecule has 1 aromatic rings. The highest BCUT2D eigenvalue weighted by atomic mass is 32.2. The minimum absolute atomic E-state index is 0.0610. The highest BCUT2D eigenvalue weighted by molar-refractivity contribution is 7.89. The number of hydrogen-bond donors (Lipinski definition) is 4. The molecular formula is C9H18N6O2S. The van der Waals surface area contributed by atoms with Crippen LogP contribution in [0.1, 0.15) is 18.9 Å². The fourth-order valence-corrected chi connectivity index (χ4v) is 2.05. The molecule has 0 amide bonds. The highest BCUT2D eigenvalue weighted by Gasteiger charge is 2.08. The van der Waals surface area contributed by atoms with E-state index >= 15 is 0 Å². The Morgan fingerprint density at radius 1 is 1.33 bits per heavy atom. The van der Waals surface area contributed by atoms with Crippen molar-refractivity contribution in [3.63, 3.8) is 0 Å². The summed E-state index contributed by atoms with van der Waals surface area (Å²) in [5, 5.41) is 7.95. The maximum Gasteiger partial charge on any atom is 0.209 e. The van der Waals surface area contributed by atoms with E-state index in [1.54, 1.807) is 0 Å². The van der Waals surface area contributed by atoms with Crippen molar-refractivity contribution in [2.45, 2.75) is 19.8 Å². The van der Waals surface area contributed by atoms with E-state index < -0.39 is 10.0 Å². The SMILES string of the molecule is CCc1c(NN)ncnc1NCCCS(N)(=O)=O. The Labute approximate surface area is 106 Å². The maximum atomic E-state index is 10.8. The summed E-state index contributed by atoms with van der Waals surface area (Å²) in [5.41, 5.74) is 3.35. The number of aromatic nitrogens is 2. The van der Waals surface area contributed by atoms with Gasteiger partial charge in [-0.25, -0.2) is 29.4 Å². The van der Waals surface area contributed by atoms with Crippen LogP contribution in [0.5, 0.6) is 0 Å². The third kappa shape index (κ3) is 4.43.